The number of hydrogen-bond acceptors (Lipinski definition) is 2. The third kappa shape index (κ3) is 1.99. The topological polar surface area (TPSA) is 30.7 Å². The van der Waals surface area contributed by atoms with Crippen LogP contribution in [0.2, 0.25) is 0 Å². The van der Waals surface area contributed by atoms with Crippen molar-refractivity contribution < 1.29 is 0 Å². The van der Waals surface area contributed by atoms with Crippen LogP contribution in [-0.2, 0) is 5.54 Å². The SMILES string of the molecule is [C]#CC(CCC)(CCC)n1nnc2ccccc21. The van der Waals surface area contributed by atoms with E-state index in [0.717, 1.165) is 36.7 Å². The van der Waals surface area contributed by atoms with Gasteiger partial charge in [-0.05, 0) is 31.4 Å². The standard InChI is InChI=1S/C15H18N3/c1-4-11-15(6-3,12-5-2)18-14-10-8-7-9-13(14)16-17-18/h7-10H,4-5,11-12H2,1-2H3. The summed E-state index contributed by atoms with van der Waals surface area (Å²) < 4.78 is 1.88. The molecule has 3 heteroatoms. The number of nitrogens with zero attached hydrogens (tertiary/aromatic N) is 3. The second kappa shape index (κ2) is 5.22. The maximum atomic E-state index is 7.73. The first-order valence-corrected chi connectivity index (χ1v) is 6.52. The third-order valence-electron chi connectivity index (χ3n) is 3.32. The third-order valence-corrected chi connectivity index (χ3v) is 3.32. The zero-order valence-electron chi connectivity index (χ0n) is 11.0. The average Bonchev–Trinajstić information content (AvgIpc) is 2.83. The number of benzene rings is 1. The fourth-order valence-electron chi connectivity index (χ4n) is 2.53. The fraction of sp³-hybridized carbons (Fsp3) is 0.467. The lowest BCUT2D eigenvalue weighted by atomic mass is 9.89. The summed E-state index contributed by atoms with van der Waals surface area (Å²) in [5, 5.41) is 8.45. The van der Waals surface area contributed by atoms with Crippen LogP contribution < -0.4 is 0 Å². The Kier molecular flexibility index (Phi) is 3.66. The van der Waals surface area contributed by atoms with Crippen molar-refractivity contribution in [3.63, 3.8) is 0 Å². The van der Waals surface area contributed by atoms with E-state index in [4.69, 9.17) is 6.42 Å². The minimum absolute atomic E-state index is 0.445. The molecule has 0 aliphatic heterocycles. The monoisotopic (exact) mass is 240 g/mol. The summed E-state index contributed by atoms with van der Waals surface area (Å²) >= 11 is 0. The summed E-state index contributed by atoms with van der Waals surface area (Å²) in [4.78, 5) is 0. The zero-order chi connectivity index (χ0) is 13.0. The Morgan fingerprint density at radius 1 is 1.22 bits per heavy atom. The quantitative estimate of drug-likeness (QED) is 0.751. The van der Waals surface area contributed by atoms with Gasteiger partial charge in [-0.1, -0.05) is 50.0 Å². The predicted molar refractivity (Wildman–Crippen MR) is 72.4 cm³/mol. The lowest BCUT2D eigenvalue weighted by Gasteiger charge is -2.28. The van der Waals surface area contributed by atoms with Gasteiger partial charge in [0.05, 0.1) is 5.52 Å². The molecule has 1 aromatic heterocycles. The second-order valence-corrected chi connectivity index (χ2v) is 4.65. The van der Waals surface area contributed by atoms with Crippen LogP contribution >= 0.6 is 0 Å². The summed E-state index contributed by atoms with van der Waals surface area (Å²) in [6.07, 6.45) is 11.5. The number of hydrogen-bond donors (Lipinski definition) is 0. The normalized spacial score (nSPS) is 11.6. The first-order chi connectivity index (χ1) is 8.77. The summed E-state index contributed by atoms with van der Waals surface area (Å²) in [7, 11) is 0. The highest BCUT2D eigenvalue weighted by molar-refractivity contribution is 5.74. The molecule has 18 heavy (non-hydrogen) atoms. The van der Waals surface area contributed by atoms with E-state index in [0.29, 0.717) is 0 Å². The van der Waals surface area contributed by atoms with Crippen LogP contribution in [0.4, 0.5) is 0 Å². The highest BCUT2D eigenvalue weighted by atomic mass is 15.5. The van der Waals surface area contributed by atoms with Gasteiger partial charge in [0.25, 0.3) is 0 Å². The Morgan fingerprint density at radius 2 is 1.89 bits per heavy atom. The van der Waals surface area contributed by atoms with Gasteiger partial charge in [0, 0.05) is 0 Å². The van der Waals surface area contributed by atoms with Gasteiger partial charge >= 0.3 is 0 Å². The lowest BCUT2D eigenvalue weighted by Crippen LogP contribution is -2.33. The van der Waals surface area contributed by atoms with E-state index in [9.17, 15) is 0 Å². The molecule has 0 amide bonds. The van der Waals surface area contributed by atoms with Crippen molar-refractivity contribution in [2.24, 2.45) is 0 Å². The van der Waals surface area contributed by atoms with Crippen LogP contribution in [0.25, 0.3) is 11.0 Å². The van der Waals surface area contributed by atoms with E-state index in [2.05, 4.69) is 30.1 Å². The van der Waals surface area contributed by atoms with Gasteiger partial charge in [-0.25, -0.2) is 4.68 Å². The summed E-state index contributed by atoms with van der Waals surface area (Å²) in [5.74, 6) is 2.72. The summed E-state index contributed by atoms with van der Waals surface area (Å²) in [5.41, 5.74) is 1.42. The Morgan fingerprint density at radius 3 is 2.50 bits per heavy atom. The van der Waals surface area contributed by atoms with Crippen molar-refractivity contribution in [3.05, 3.63) is 30.7 Å². The molecule has 1 radical (unpaired) electrons. The van der Waals surface area contributed by atoms with Gasteiger partial charge in [-0.2, -0.15) is 0 Å². The van der Waals surface area contributed by atoms with E-state index < -0.39 is 5.54 Å². The molecule has 2 rings (SSSR count). The molecular weight excluding hydrogens is 222 g/mol. The number of aromatic nitrogens is 3. The van der Waals surface area contributed by atoms with Crippen molar-refractivity contribution in [1.82, 2.24) is 15.0 Å². The molecular formula is C15H18N3. The van der Waals surface area contributed by atoms with Crippen molar-refractivity contribution in [2.45, 2.75) is 45.1 Å². The Balaban J connectivity index is 2.57. The minimum atomic E-state index is -0.445. The molecule has 3 nitrogen and oxygen atoms in total. The van der Waals surface area contributed by atoms with Gasteiger partial charge in [0.1, 0.15) is 11.1 Å². The van der Waals surface area contributed by atoms with Gasteiger partial charge in [-0.3, -0.25) is 0 Å². The van der Waals surface area contributed by atoms with E-state index in [1.54, 1.807) is 0 Å². The summed E-state index contributed by atoms with van der Waals surface area (Å²) in [6.45, 7) is 4.25. The maximum Gasteiger partial charge on any atom is 0.126 e. The van der Waals surface area contributed by atoms with Crippen molar-refractivity contribution >= 4 is 11.0 Å². The molecule has 2 aromatic rings. The molecule has 1 aromatic carbocycles. The smallest absolute Gasteiger partial charge is 0.126 e. The van der Waals surface area contributed by atoms with Crippen LogP contribution in [0.1, 0.15) is 39.5 Å². The van der Waals surface area contributed by atoms with Crippen molar-refractivity contribution in [1.29, 1.82) is 0 Å². The van der Waals surface area contributed by atoms with E-state index in [1.165, 1.54) is 0 Å². The van der Waals surface area contributed by atoms with Crippen molar-refractivity contribution in [2.75, 3.05) is 0 Å². The molecule has 93 valence electrons. The Bertz CT molecular complexity index is 556. The lowest BCUT2D eigenvalue weighted by molar-refractivity contribution is 0.298. The molecule has 0 aliphatic carbocycles. The number of fused-ring (bicyclic) bond motifs is 1. The van der Waals surface area contributed by atoms with Crippen molar-refractivity contribution in [3.8, 4) is 5.92 Å². The first kappa shape index (κ1) is 12.6. The number of rotatable bonds is 5. The van der Waals surface area contributed by atoms with Gasteiger partial charge in [-0.15, -0.1) is 5.10 Å². The summed E-state index contributed by atoms with van der Waals surface area (Å²) in [6, 6.07) is 7.89. The number of para-hydroxylation sites is 1. The van der Waals surface area contributed by atoms with E-state index in [1.807, 2.05) is 28.9 Å². The van der Waals surface area contributed by atoms with E-state index >= 15 is 0 Å². The van der Waals surface area contributed by atoms with Gasteiger partial charge < -0.3 is 0 Å². The first-order valence-electron chi connectivity index (χ1n) is 6.52. The molecule has 0 unspecified atom stereocenters. The molecule has 0 saturated heterocycles. The second-order valence-electron chi connectivity index (χ2n) is 4.65. The molecule has 1 heterocycles. The van der Waals surface area contributed by atoms with Crippen LogP contribution in [0.5, 0.6) is 0 Å². The maximum absolute atomic E-state index is 7.73. The average molecular weight is 240 g/mol. The predicted octanol–water partition coefficient (Wildman–Crippen LogP) is 3.32. The van der Waals surface area contributed by atoms with E-state index in [-0.39, 0.29) is 0 Å². The van der Waals surface area contributed by atoms with Crippen LogP contribution in [0.15, 0.2) is 24.3 Å². The largest absolute Gasteiger partial charge is 0.227 e. The Hall–Kier alpha value is -1.82. The molecule has 0 spiro atoms. The molecule has 0 N–H and O–H groups in total. The van der Waals surface area contributed by atoms with Crippen LogP contribution in [-0.4, -0.2) is 15.0 Å². The molecule has 0 aliphatic rings. The molecule has 0 fully saturated rings. The zero-order valence-corrected chi connectivity index (χ0v) is 11.0. The molecule has 0 atom stereocenters. The van der Waals surface area contributed by atoms with Crippen LogP contribution in [0.3, 0.4) is 0 Å². The van der Waals surface area contributed by atoms with Gasteiger partial charge in [0.2, 0.25) is 0 Å². The highest BCUT2D eigenvalue weighted by Gasteiger charge is 2.30. The molecule has 0 saturated carbocycles. The fourth-order valence-corrected chi connectivity index (χ4v) is 2.53. The Labute approximate surface area is 108 Å². The van der Waals surface area contributed by atoms with Gasteiger partial charge in [0.15, 0.2) is 0 Å². The highest BCUT2D eigenvalue weighted by Crippen LogP contribution is 2.30. The van der Waals surface area contributed by atoms with Crippen LogP contribution in [0, 0.1) is 12.3 Å². The minimum Gasteiger partial charge on any atom is -0.227 e. The molecule has 0 bridgehead atoms.